The van der Waals surface area contributed by atoms with E-state index in [1.165, 1.54) is 0 Å². The summed E-state index contributed by atoms with van der Waals surface area (Å²) < 4.78 is 16.5. The molecule has 1 saturated heterocycles. The second-order valence-electron chi connectivity index (χ2n) is 7.69. The number of nitrogens with zero attached hydrogens (tertiary/aromatic N) is 3. The molecule has 1 N–H and O–H groups in total. The van der Waals surface area contributed by atoms with Gasteiger partial charge in [0.2, 0.25) is 0 Å². The molecule has 9 heteroatoms. The number of ether oxygens (including phenoxy) is 2. The lowest BCUT2D eigenvalue weighted by atomic mass is 9.91. The van der Waals surface area contributed by atoms with E-state index in [9.17, 15) is 9.59 Å². The maximum absolute atomic E-state index is 13.2. The largest absolute Gasteiger partial charge is 0.486 e. The summed E-state index contributed by atoms with van der Waals surface area (Å²) in [6, 6.07) is 12.3. The second-order valence-corrected chi connectivity index (χ2v) is 7.69. The fraction of sp³-hybridized carbons (Fsp3) is 0.273. The number of hydrogen-bond donors (Lipinski definition) is 1. The summed E-state index contributed by atoms with van der Waals surface area (Å²) in [6.45, 7) is 4.43. The van der Waals surface area contributed by atoms with Crippen LogP contribution in [0.25, 0.3) is 11.5 Å². The van der Waals surface area contributed by atoms with E-state index < -0.39 is 17.5 Å². The summed E-state index contributed by atoms with van der Waals surface area (Å²) in [5, 5.41) is 6.71. The quantitative estimate of drug-likeness (QED) is 0.647. The van der Waals surface area contributed by atoms with Crippen LogP contribution >= 0.6 is 0 Å². The number of aryl methyl sites for hydroxylation is 1. The molecule has 3 heterocycles. The monoisotopic (exact) mass is 420 g/mol. The fourth-order valence-electron chi connectivity index (χ4n) is 3.75. The van der Waals surface area contributed by atoms with E-state index in [0.717, 1.165) is 16.0 Å². The number of urea groups is 1. The number of fused-ring (bicyclic) bond motifs is 1. The summed E-state index contributed by atoms with van der Waals surface area (Å²) >= 11 is 0. The van der Waals surface area contributed by atoms with Gasteiger partial charge in [-0.25, -0.2) is 4.79 Å². The Morgan fingerprint density at radius 1 is 1.10 bits per heavy atom. The predicted molar refractivity (Wildman–Crippen MR) is 108 cm³/mol. The molecular formula is C22H20N4O5. The van der Waals surface area contributed by atoms with Crippen molar-refractivity contribution < 1.29 is 23.6 Å². The van der Waals surface area contributed by atoms with Crippen LogP contribution in [-0.2, 0) is 16.9 Å². The molecule has 3 aromatic rings. The standard InChI is InChI=1S/C22H20N4O5/c1-13-4-3-5-14(10-13)19-23-18(25-31-19)12-26-20(27)22(2,24-21(26)28)15-6-7-16-17(11-15)30-9-8-29-16/h3-7,10-11H,8-9,12H2,1-2H3,(H,24,28). The number of rotatable bonds is 4. The van der Waals surface area contributed by atoms with Gasteiger partial charge < -0.3 is 19.3 Å². The minimum absolute atomic E-state index is 0.0971. The SMILES string of the molecule is Cc1cccc(-c2nc(CN3C(=O)NC(C)(c4ccc5c(c4)OCCO5)C3=O)no2)c1. The van der Waals surface area contributed by atoms with E-state index in [1.54, 1.807) is 25.1 Å². The molecule has 2 aliphatic rings. The minimum Gasteiger partial charge on any atom is -0.486 e. The second kappa shape index (κ2) is 7.12. The van der Waals surface area contributed by atoms with Crippen LogP contribution in [0.2, 0.25) is 0 Å². The zero-order valence-corrected chi connectivity index (χ0v) is 17.0. The van der Waals surface area contributed by atoms with Gasteiger partial charge in [-0.15, -0.1) is 0 Å². The van der Waals surface area contributed by atoms with Gasteiger partial charge in [0, 0.05) is 5.56 Å². The molecule has 158 valence electrons. The summed E-state index contributed by atoms with van der Waals surface area (Å²) in [4.78, 5) is 31.3. The van der Waals surface area contributed by atoms with Gasteiger partial charge in [-0.05, 0) is 43.7 Å². The normalized spacial score (nSPS) is 20.1. The third-order valence-corrected chi connectivity index (χ3v) is 5.43. The van der Waals surface area contributed by atoms with Crippen LogP contribution in [0.3, 0.4) is 0 Å². The molecule has 31 heavy (non-hydrogen) atoms. The van der Waals surface area contributed by atoms with Crippen molar-refractivity contribution in [1.29, 1.82) is 0 Å². The predicted octanol–water partition coefficient (Wildman–Crippen LogP) is 2.78. The Hall–Kier alpha value is -3.88. The number of carbonyl (C=O) groups is 2. The lowest BCUT2D eigenvalue weighted by Crippen LogP contribution is -2.41. The highest BCUT2D eigenvalue weighted by molar-refractivity contribution is 6.07. The first-order chi connectivity index (χ1) is 14.9. The molecule has 1 aromatic heterocycles. The van der Waals surface area contributed by atoms with E-state index in [-0.39, 0.29) is 12.4 Å². The first kappa shape index (κ1) is 19.1. The van der Waals surface area contributed by atoms with Crippen molar-refractivity contribution in [3.05, 3.63) is 59.4 Å². The molecule has 0 radical (unpaired) electrons. The maximum atomic E-state index is 13.2. The molecule has 2 aliphatic heterocycles. The molecule has 2 aromatic carbocycles. The van der Waals surface area contributed by atoms with Gasteiger partial charge in [-0.1, -0.05) is 28.9 Å². The van der Waals surface area contributed by atoms with Crippen molar-refractivity contribution in [3.63, 3.8) is 0 Å². The summed E-state index contributed by atoms with van der Waals surface area (Å²) in [5.74, 6) is 1.33. The van der Waals surface area contributed by atoms with Crippen molar-refractivity contribution in [3.8, 4) is 23.0 Å². The number of amides is 3. The summed E-state index contributed by atoms with van der Waals surface area (Å²) in [6.07, 6.45) is 0. The van der Waals surface area contributed by atoms with E-state index in [0.29, 0.717) is 36.2 Å². The molecular weight excluding hydrogens is 400 g/mol. The van der Waals surface area contributed by atoms with Crippen molar-refractivity contribution in [2.75, 3.05) is 13.2 Å². The number of benzene rings is 2. The van der Waals surface area contributed by atoms with E-state index >= 15 is 0 Å². The average Bonchev–Trinajstić information content (AvgIpc) is 3.33. The highest BCUT2D eigenvalue weighted by Crippen LogP contribution is 2.37. The van der Waals surface area contributed by atoms with Gasteiger partial charge in [0.1, 0.15) is 18.8 Å². The van der Waals surface area contributed by atoms with Crippen LogP contribution in [-0.4, -0.2) is 40.2 Å². The Balaban J connectivity index is 1.38. The van der Waals surface area contributed by atoms with Crippen LogP contribution in [0.4, 0.5) is 4.79 Å². The molecule has 1 fully saturated rings. The van der Waals surface area contributed by atoms with Crippen LogP contribution in [0.5, 0.6) is 11.5 Å². The van der Waals surface area contributed by atoms with E-state index in [2.05, 4.69) is 15.5 Å². The Morgan fingerprint density at radius 3 is 2.71 bits per heavy atom. The number of imide groups is 1. The highest BCUT2D eigenvalue weighted by Gasteiger charge is 2.49. The molecule has 5 rings (SSSR count). The van der Waals surface area contributed by atoms with Crippen LogP contribution in [0.1, 0.15) is 23.9 Å². The van der Waals surface area contributed by atoms with Gasteiger partial charge in [-0.2, -0.15) is 4.98 Å². The van der Waals surface area contributed by atoms with Gasteiger partial charge in [0.05, 0.1) is 6.54 Å². The summed E-state index contributed by atoms with van der Waals surface area (Å²) in [7, 11) is 0. The Morgan fingerprint density at radius 2 is 1.90 bits per heavy atom. The van der Waals surface area contributed by atoms with Gasteiger partial charge in [0.15, 0.2) is 17.3 Å². The average molecular weight is 420 g/mol. The molecule has 0 aliphatic carbocycles. The van der Waals surface area contributed by atoms with Crippen molar-refractivity contribution in [2.24, 2.45) is 0 Å². The fourth-order valence-corrected chi connectivity index (χ4v) is 3.75. The lowest BCUT2D eigenvalue weighted by Gasteiger charge is -2.25. The van der Waals surface area contributed by atoms with Crippen LogP contribution < -0.4 is 14.8 Å². The van der Waals surface area contributed by atoms with Gasteiger partial charge in [0.25, 0.3) is 11.8 Å². The topological polar surface area (TPSA) is 107 Å². The molecule has 0 bridgehead atoms. The van der Waals surface area contributed by atoms with E-state index in [1.807, 2.05) is 31.2 Å². The van der Waals surface area contributed by atoms with Crippen molar-refractivity contribution in [1.82, 2.24) is 20.4 Å². The molecule has 1 atom stereocenters. The van der Waals surface area contributed by atoms with Crippen molar-refractivity contribution in [2.45, 2.75) is 25.9 Å². The number of aromatic nitrogens is 2. The molecule has 1 unspecified atom stereocenters. The third-order valence-electron chi connectivity index (χ3n) is 5.43. The Labute approximate surface area is 177 Å². The highest BCUT2D eigenvalue weighted by atomic mass is 16.6. The number of nitrogens with one attached hydrogen (secondary N) is 1. The smallest absolute Gasteiger partial charge is 0.325 e. The maximum Gasteiger partial charge on any atom is 0.325 e. The minimum atomic E-state index is -1.24. The molecule has 9 nitrogen and oxygen atoms in total. The van der Waals surface area contributed by atoms with Crippen LogP contribution in [0, 0.1) is 6.92 Å². The number of carbonyl (C=O) groups excluding carboxylic acids is 2. The van der Waals surface area contributed by atoms with Crippen molar-refractivity contribution >= 4 is 11.9 Å². The van der Waals surface area contributed by atoms with E-state index in [4.69, 9.17) is 14.0 Å². The zero-order valence-electron chi connectivity index (χ0n) is 17.0. The van der Waals surface area contributed by atoms with Gasteiger partial charge >= 0.3 is 6.03 Å². The first-order valence-corrected chi connectivity index (χ1v) is 9.88. The number of hydrogen-bond acceptors (Lipinski definition) is 7. The first-order valence-electron chi connectivity index (χ1n) is 9.88. The Bertz CT molecular complexity index is 1190. The van der Waals surface area contributed by atoms with Gasteiger partial charge in [-0.3, -0.25) is 9.69 Å². The third kappa shape index (κ3) is 3.27. The summed E-state index contributed by atoms with van der Waals surface area (Å²) in [5.41, 5.74) is 1.19. The molecule has 0 saturated carbocycles. The molecule has 0 spiro atoms. The van der Waals surface area contributed by atoms with Crippen LogP contribution in [0.15, 0.2) is 47.0 Å². The lowest BCUT2D eigenvalue weighted by molar-refractivity contribution is -0.131. The molecule has 3 amide bonds. The Kier molecular flexibility index (Phi) is 4.39. The zero-order chi connectivity index (χ0) is 21.6.